The van der Waals surface area contributed by atoms with Gasteiger partial charge in [0.05, 0.1) is 20.1 Å². The molecule has 108 valence electrons. The number of rotatable bonds is 3. The lowest BCUT2D eigenvalue weighted by molar-refractivity contribution is 0.103. The van der Waals surface area contributed by atoms with Crippen molar-refractivity contribution in [2.75, 3.05) is 5.32 Å². The first-order valence-electron chi connectivity index (χ1n) is 6.42. The molecular formula is C16H15BrN2OS. The van der Waals surface area contributed by atoms with Gasteiger partial charge in [0.2, 0.25) is 0 Å². The highest BCUT2D eigenvalue weighted by molar-refractivity contribution is 9.11. The molecule has 2 rings (SSSR count). The van der Waals surface area contributed by atoms with Crippen LogP contribution in [0.3, 0.4) is 0 Å². The second kappa shape index (κ2) is 6.00. The maximum atomic E-state index is 12.1. The lowest BCUT2D eigenvalue weighted by Crippen LogP contribution is -2.14. The van der Waals surface area contributed by atoms with Gasteiger partial charge in [0.25, 0.3) is 5.91 Å². The summed E-state index contributed by atoms with van der Waals surface area (Å²) in [5.74, 6) is -0.124. The van der Waals surface area contributed by atoms with Crippen molar-refractivity contribution in [2.45, 2.75) is 26.2 Å². The van der Waals surface area contributed by atoms with Gasteiger partial charge in [-0.15, -0.1) is 11.3 Å². The van der Waals surface area contributed by atoms with E-state index in [1.54, 1.807) is 0 Å². The fourth-order valence-corrected chi connectivity index (χ4v) is 3.23. The van der Waals surface area contributed by atoms with E-state index in [2.05, 4.69) is 27.3 Å². The normalized spacial score (nSPS) is 11.0. The minimum absolute atomic E-state index is 0.124. The van der Waals surface area contributed by atoms with Crippen LogP contribution in [0.25, 0.3) is 0 Å². The average molecular weight is 363 g/mol. The van der Waals surface area contributed by atoms with Gasteiger partial charge >= 0.3 is 0 Å². The van der Waals surface area contributed by atoms with E-state index in [4.69, 9.17) is 5.26 Å². The fraction of sp³-hybridized carbons (Fsp3) is 0.250. The highest BCUT2D eigenvalue weighted by Gasteiger charge is 2.19. The van der Waals surface area contributed by atoms with E-state index >= 15 is 0 Å². The van der Waals surface area contributed by atoms with Gasteiger partial charge in [-0.3, -0.25) is 4.79 Å². The maximum Gasteiger partial charge on any atom is 0.265 e. The second-order valence-electron chi connectivity index (χ2n) is 5.34. The number of thiophene rings is 1. The van der Waals surface area contributed by atoms with Crippen LogP contribution in [0.2, 0.25) is 0 Å². The van der Waals surface area contributed by atoms with Gasteiger partial charge in [0.1, 0.15) is 0 Å². The Bertz CT molecular complexity index is 691. The zero-order valence-electron chi connectivity index (χ0n) is 12.0. The number of carbonyl (C=O) groups excluding carboxylic acids is 1. The van der Waals surface area contributed by atoms with Crippen molar-refractivity contribution in [3.05, 3.63) is 50.1 Å². The van der Waals surface area contributed by atoms with Crippen molar-refractivity contribution in [2.24, 2.45) is 0 Å². The fourth-order valence-electron chi connectivity index (χ4n) is 1.80. The molecule has 21 heavy (non-hydrogen) atoms. The molecule has 0 radical (unpaired) electrons. The molecule has 0 fully saturated rings. The lowest BCUT2D eigenvalue weighted by atomic mass is 9.86. The number of anilines is 1. The minimum Gasteiger partial charge on any atom is -0.321 e. The number of aryl methyl sites for hydroxylation is 1. The second-order valence-corrected chi connectivity index (χ2v) is 7.71. The largest absolute Gasteiger partial charge is 0.321 e. The molecule has 1 N–H and O–H groups in total. The van der Waals surface area contributed by atoms with E-state index in [0.29, 0.717) is 4.88 Å². The molecule has 0 spiro atoms. The zero-order valence-corrected chi connectivity index (χ0v) is 14.4. The Morgan fingerprint density at radius 1 is 1.33 bits per heavy atom. The molecule has 0 atom stereocenters. The van der Waals surface area contributed by atoms with Crippen LogP contribution in [-0.4, -0.2) is 5.91 Å². The van der Waals surface area contributed by atoms with Crippen LogP contribution in [0.1, 0.15) is 34.6 Å². The number of hydrogen-bond donors (Lipinski definition) is 1. The number of nitriles is 1. The van der Waals surface area contributed by atoms with Crippen LogP contribution in [0.5, 0.6) is 0 Å². The van der Waals surface area contributed by atoms with Gasteiger partial charge in [-0.05, 0) is 66.0 Å². The first-order valence-corrected chi connectivity index (χ1v) is 8.03. The molecule has 1 aromatic heterocycles. The van der Waals surface area contributed by atoms with E-state index in [0.717, 1.165) is 20.6 Å². The highest BCUT2D eigenvalue weighted by Crippen LogP contribution is 2.28. The number of benzene rings is 1. The molecule has 0 saturated heterocycles. The molecule has 0 aliphatic heterocycles. The van der Waals surface area contributed by atoms with E-state index in [1.807, 2.05) is 51.1 Å². The van der Waals surface area contributed by atoms with Crippen LogP contribution < -0.4 is 5.32 Å². The zero-order chi connectivity index (χ0) is 15.6. The number of halogens is 1. The molecule has 0 saturated carbocycles. The van der Waals surface area contributed by atoms with Crippen molar-refractivity contribution >= 4 is 38.9 Å². The summed E-state index contributed by atoms with van der Waals surface area (Å²) in [4.78, 5) is 12.8. The summed E-state index contributed by atoms with van der Waals surface area (Å²) in [5, 5.41) is 12.0. The molecule has 5 heteroatoms. The summed E-state index contributed by atoms with van der Waals surface area (Å²) in [6, 6.07) is 11.5. The van der Waals surface area contributed by atoms with Crippen molar-refractivity contribution in [3.8, 4) is 6.07 Å². The van der Waals surface area contributed by atoms with Crippen LogP contribution in [0.4, 0.5) is 5.69 Å². The molecular weight excluding hydrogens is 348 g/mol. The summed E-state index contributed by atoms with van der Waals surface area (Å²) in [6.07, 6.45) is 0. The molecule has 0 aliphatic carbocycles. The number of hydrogen-bond acceptors (Lipinski definition) is 3. The molecule has 0 unspecified atom stereocenters. The molecule has 1 aromatic carbocycles. The Morgan fingerprint density at radius 3 is 2.43 bits per heavy atom. The number of amides is 1. The molecule has 1 heterocycles. The van der Waals surface area contributed by atoms with Crippen molar-refractivity contribution in [1.82, 2.24) is 0 Å². The van der Waals surface area contributed by atoms with E-state index in [-0.39, 0.29) is 5.91 Å². The quantitative estimate of drug-likeness (QED) is 0.846. The minimum atomic E-state index is -0.529. The predicted octanol–water partition coefficient (Wildman–Crippen LogP) is 4.87. The van der Waals surface area contributed by atoms with Gasteiger partial charge in [-0.1, -0.05) is 12.1 Å². The summed E-state index contributed by atoms with van der Waals surface area (Å²) >= 11 is 4.83. The standard InChI is InChI=1S/C16H15BrN2OS/c1-10-8-13(21-14(10)17)15(20)19-12-6-4-11(5-7-12)16(2,3)9-18/h4-8H,1-3H3,(H,19,20). The average Bonchev–Trinajstić information content (AvgIpc) is 2.79. The highest BCUT2D eigenvalue weighted by atomic mass is 79.9. The van der Waals surface area contributed by atoms with Crippen LogP contribution in [0, 0.1) is 18.3 Å². The number of nitrogens with one attached hydrogen (secondary N) is 1. The third-order valence-electron chi connectivity index (χ3n) is 3.22. The number of carbonyl (C=O) groups is 1. The maximum absolute atomic E-state index is 12.1. The van der Waals surface area contributed by atoms with Crippen molar-refractivity contribution < 1.29 is 4.79 Å². The monoisotopic (exact) mass is 362 g/mol. The van der Waals surface area contributed by atoms with Gasteiger partial charge in [-0.25, -0.2) is 0 Å². The Morgan fingerprint density at radius 2 is 1.95 bits per heavy atom. The summed E-state index contributed by atoms with van der Waals surface area (Å²) < 4.78 is 0.971. The number of nitrogens with zero attached hydrogens (tertiary/aromatic N) is 1. The topological polar surface area (TPSA) is 52.9 Å². The smallest absolute Gasteiger partial charge is 0.265 e. The van der Waals surface area contributed by atoms with Crippen LogP contribution >= 0.6 is 27.3 Å². The molecule has 0 aliphatic rings. The Balaban J connectivity index is 2.14. The van der Waals surface area contributed by atoms with Gasteiger partial charge in [0, 0.05) is 5.69 Å². The van der Waals surface area contributed by atoms with Crippen LogP contribution in [0.15, 0.2) is 34.1 Å². The summed E-state index contributed by atoms with van der Waals surface area (Å²) in [5.41, 5.74) is 2.17. The van der Waals surface area contributed by atoms with E-state index in [1.165, 1.54) is 11.3 Å². The molecule has 0 bridgehead atoms. The summed E-state index contributed by atoms with van der Waals surface area (Å²) in [6.45, 7) is 5.69. The van der Waals surface area contributed by atoms with Gasteiger partial charge in [-0.2, -0.15) is 5.26 Å². The SMILES string of the molecule is Cc1cc(C(=O)Nc2ccc(C(C)(C)C#N)cc2)sc1Br. The third kappa shape index (κ3) is 3.52. The molecule has 1 amide bonds. The first-order chi connectivity index (χ1) is 9.83. The Hall–Kier alpha value is -1.64. The van der Waals surface area contributed by atoms with Gasteiger partial charge in [0.15, 0.2) is 0 Å². The third-order valence-corrected chi connectivity index (χ3v) is 5.36. The first kappa shape index (κ1) is 15.7. The lowest BCUT2D eigenvalue weighted by Gasteiger charge is -2.16. The summed E-state index contributed by atoms with van der Waals surface area (Å²) in [7, 11) is 0. The molecule has 3 nitrogen and oxygen atoms in total. The van der Waals surface area contributed by atoms with Crippen LogP contribution in [-0.2, 0) is 5.41 Å². The Kier molecular flexibility index (Phi) is 4.50. The molecule has 2 aromatic rings. The Labute approximate surface area is 136 Å². The van der Waals surface area contributed by atoms with E-state index < -0.39 is 5.41 Å². The van der Waals surface area contributed by atoms with Crippen molar-refractivity contribution in [3.63, 3.8) is 0 Å². The van der Waals surface area contributed by atoms with Crippen molar-refractivity contribution in [1.29, 1.82) is 5.26 Å². The van der Waals surface area contributed by atoms with Gasteiger partial charge < -0.3 is 5.32 Å². The van der Waals surface area contributed by atoms with E-state index in [9.17, 15) is 4.79 Å². The predicted molar refractivity (Wildman–Crippen MR) is 89.8 cm³/mol.